The van der Waals surface area contributed by atoms with E-state index in [0.29, 0.717) is 10.7 Å². The maximum absolute atomic E-state index is 12.3. The van der Waals surface area contributed by atoms with Gasteiger partial charge >= 0.3 is 0 Å². The molecule has 1 aromatic heterocycles. The van der Waals surface area contributed by atoms with E-state index in [0.717, 1.165) is 24.8 Å². The Morgan fingerprint density at radius 3 is 2.94 bits per heavy atom. The first-order valence-electron chi connectivity index (χ1n) is 5.27. The van der Waals surface area contributed by atoms with Crippen LogP contribution < -0.4 is 5.73 Å². The Kier molecular flexibility index (Phi) is 3.35. The molecule has 1 aromatic rings. The number of pyridine rings is 1. The van der Waals surface area contributed by atoms with Crippen molar-refractivity contribution in [2.24, 2.45) is 5.73 Å². The van der Waals surface area contributed by atoms with Crippen LogP contribution in [0.5, 0.6) is 0 Å². The minimum Gasteiger partial charge on any atom is -0.392 e. The number of rotatable bonds is 2. The Balaban J connectivity index is 2.51. The molecule has 0 aromatic carbocycles. The number of hydrogen-bond acceptors (Lipinski definition) is 3. The van der Waals surface area contributed by atoms with Crippen LogP contribution >= 0.6 is 12.2 Å². The molecule has 1 aliphatic rings. The second-order valence-electron chi connectivity index (χ2n) is 3.94. The van der Waals surface area contributed by atoms with Gasteiger partial charge in [0.2, 0.25) is 0 Å². The molecule has 0 amide bonds. The molecule has 2 rings (SSSR count). The van der Waals surface area contributed by atoms with Crippen molar-refractivity contribution in [1.82, 2.24) is 4.98 Å². The minimum absolute atomic E-state index is 0.332. The molecule has 3 nitrogen and oxygen atoms in total. The van der Waals surface area contributed by atoms with Crippen molar-refractivity contribution in [3.05, 3.63) is 30.1 Å². The van der Waals surface area contributed by atoms with Crippen LogP contribution in [0, 0.1) is 0 Å². The zero-order valence-electron chi connectivity index (χ0n) is 8.89. The maximum atomic E-state index is 12.3. The highest BCUT2D eigenvalue weighted by atomic mass is 32.2. The zero-order chi connectivity index (χ0) is 11.6. The Bertz CT molecular complexity index is 421. The highest BCUT2D eigenvalue weighted by molar-refractivity contribution is 7.90. The molecule has 1 fully saturated rings. The largest absolute Gasteiger partial charge is 0.392 e. The molecule has 1 aliphatic heterocycles. The molecule has 2 N–H and O–H groups in total. The van der Waals surface area contributed by atoms with Gasteiger partial charge in [0.25, 0.3) is 0 Å². The molecular weight excluding hydrogens is 240 g/mol. The van der Waals surface area contributed by atoms with Crippen LogP contribution in [-0.2, 0) is 15.5 Å². The molecule has 2 unspecified atom stereocenters. The molecule has 2 heterocycles. The number of nitrogens with two attached hydrogens (primary N) is 1. The molecule has 5 heteroatoms. The Labute approximate surface area is 103 Å². The van der Waals surface area contributed by atoms with E-state index in [1.54, 1.807) is 12.4 Å². The van der Waals surface area contributed by atoms with Crippen molar-refractivity contribution >= 4 is 28.0 Å². The van der Waals surface area contributed by atoms with Crippen LogP contribution in [0.15, 0.2) is 24.5 Å². The summed E-state index contributed by atoms with van der Waals surface area (Å²) in [4.78, 5) is 4.40. The molecule has 2 atom stereocenters. The average molecular weight is 254 g/mol. The molecule has 0 saturated carbocycles. The molecule has 0 radical (unpaired) electrons. The van der Waals surface area contributed by atoms with Crippen molar-refractivity contribution in [3.63, 3.8) is 0 Å². The maximum Gasteiger partial charge on any atom is 0.122 e. The van der Waals surface area contributed by atoms with Crippen molar-refractivity contribution in [2.75, 3.05) is 5.75 Å². The standard InChI is InChI=1S/C11H14N2OS2/c12-10(15)11(5-1-2-7-16(11)14)9-4-3-6-13-8-9/h3-4,6,8H,1-2,5,7H2,(H2,12,15). The Hall–Kier alpha value is -0.810. The molecule has 0 bridgehead atoms. The quantitative estimate of drug-likeness (QED) is 0.813. The molecule has 86 valence electrons. The van der Waals surface area contributed by atoms with Crippen molar-refractivity contribution < 1.29 is 4.21 Å². The first kappa shape index (κ1) is 11.7. The van der Waals surface area contributed by atoms with Gasteiger partial charge in [0.1, 0.15) is 4.75 Å². The van der Waals surface area contributed by atoms with E-state index in [4.69, 9.17) is 18.0 Å². The number of aromatic nitrogens is 1. The summed E-state index contributed by atoms with van der Waals surface area (Å²) in [6, 6.07) is 3.75. The lowest BCUT2D eigenvalue weighted by molar-refractivity contribution is 0.577. The van der Waals surface area contributed by atoms with Gasteiger partial charge in [0, 0.05) is 28.9 Å². The van der Waals surface area contributed by atoms with Gasteiger partial charge in [-0.3, -0.25) is 9.19 Å². The predicted molar refractivity (Wildman–Crippen MR) is 69.6 cm³/mol. The predicted octanol–water partition coefficient (Wildman–Crippen LogP) is 1.50. The van der Waals surface area contributed by atoms with Gasteiger partial charge in [0.15, 0.2) is 0 Å². The van der Waals surface area contributed by atoms with Gasteiger partial charge in [-0.15, -0.1) is 0 Å². The van der Waals surface area contributed by atoms with Gasteiger partial charge in [-0.1, -0.05) is 24.7 Å². The number of nitrogens with zero attached hydrogens (tertiary/aromatic N) is 1. The van der Waals surface area contributed by atoms with Crippen molar-refractivity contribution in [2.45, 2.75) is 24.0 Å². The smallest absolute Gasteiger partial charge is 0.122 e. The van der Waals surface area contributed by atoms with Gasteiger partial charge in [-0.25, -0.2) is 0 Å². The summed E-state index contributed by atoms with van der Waals surface area (Å²) in [7, 11) is -1.02. The van der Waals surface area contributed by atoms with Crippen LogP contribution in [0.1, 0.15) is 24.8 Å². The lowest BCUT2D eigenvalue weighted by Gasteiger charge is -2.35. The lowest BCUT2D eigenvalue weighted by Crippen LogP contribution is -2.46. The fourth-order valence-corrected chi connectivity index (χ4v) is 4.44. The van der Waals surface area contributed by atoms with Crippen LogP contribution in [0.2, 0.25) is 0 Å². The number of thiocarbonyl (C=S) groups is 1. The summed E-state index contributed by atoms with van der Waals surface area (Å²) < 4.78 is 11.6. The highest BCUT2D eigenvalue weighted by Crippen LogP contribution is 2.37. The Morgan fingerprint density at radius 2 is 2.38 bits per heavy atom. The Morgan fingerprint density at radius 1 is 1.56 bits per heavy atom. The minimum atomic E-state index is -1.02. The molecule has 1 saturated heterocycles. The third kappa shape index (κ3) is 1.78. The first-order chi connectivity index (χ1) is 7.68. The second-order valence-corrected chi connectivity index (χ2v) is 6.18. The van der Waals surface area contributed by atoms with Crippen molar-refractivity contribution in [3.8, 4) is 0 Å². The first-order valence-corrected chi connectivity index (χ1v) is 6.99. The van der Waals surface area contributed by atoms with Crippen LogP contribution in [0.25, 0.3) is 0 Å². The highest BCUT2D eigenvalue weighted by Gasteiger charge is 2.43. The van der Waals surface area contributed by atoms with E-state index < -0.39 is 15.5 Å². The SMILES string of the molecule is NC(=S)C1(c2cccnc2)CCCCS1=O. The molecule has 0 spiro atoms. The summed E-state index contributed by atoms with van der Waals surface area (Å²) >= 11 is 5.14. The fourth-order valence-electron chi connectivity index (χ4n) is 2.15. The fraction of sp³-hybridized carbons (Fsp3) is 0.455. The summed E-state index contributed by atoms with van der Waals surface area (Å²) in [5, 5.41) is 0. The summed E-state index contributed by atoms with van der Waals surface area (Å²) in [6.45, 7) is 0. The van der Waals surface area contributed by atoms with Crippen LogP contribution in [0.4, 0.5) is 0 Å². The van der Waals surface area contributed by atoms with E-state index in [9.17, 15) is 4.21 Å². The summed E-state index contributed by atoms with van der Waals surface area (Å²) in [5.74, 6) is 0.673. The van der Waals surface area contributed by atoms with E-state index >= 15 is 0 Å². The van der Waals surface area contributed by atoms with Gasteiger partial charge in [-0.05, 0) is 24.5 Å². The summed E-state index contributed by atoms with van der Waals surface area (Å²) in [6.07, 6.45) is 6.18. The van der Waals surface area contributed by atoms with E-state index in [1.165, 1.54) is 0 Å². The number of hydrogen-bond donors (Lipinski definition) is 1. The topological polar surface area (TPSA) is 56.0 Å². The van der Waals surface area contributed by atoms with E-state index in [2.05, 4.69) is 4.98 Å². The normalized spacial score (nSPS) is 29.9. The van der Waals surface area contributed by atoms with E-state index in [1.807, 2.05) is 12.1 Å². The lowest BCUT2D eigenvalue weighted by atomic mass is 9.93. The third-order valence-corrected chi connectivity index (χ3v) is 5.60. The van der Waals surface area contributed by atoms with Crippen LogP contribution in [-0.4, -0.2) is 19.9 Å². The average Bonchev–Trinajstić information content (AvgIpc) is 2.30. The van der Waals surface area contributed by atoms with Crippen LogP contribution in [0.3, 0.4) is 0 Å². The van der Waals surface area contributed by atoms with Gasteiger partial charge in [0.05, 0.1) is 4.99 Å². The van der Waals surface area contributed by atoms with Crippen molar-refractivity contribution in [1.29, 1.82) is 0 Å². The third-order valence-electron chi connectivity index (χ3n) is 3.02. The zero-order valence-corrected chi connectivity index (χ0v) is 10.5. The monoisotopic (exact) mass is 254 g/mol. The summed E-state index contributed by atoms with van der Waals surface area (Å²) in [5.41, 5.74) is 6.72. The molecule has 16 heavy (non-hydrogen) atoms. The molecule has 0 aliphatic carbocycles. The van der Waals surface area contributed by atoms with E-state index in [-0.39, 0.29) is 0 Å². The van der Waals surface area contributed by atoms with Gasteiger partial charge < -0.3 is 5.73 Å². The molecular formula is C11H14N2OS2. The second kappa shape index (κ2) is 4.59. The van der Waals surface area contributed by atoms with Gasteiger partial charge in [-0.2, -0.15) is 0 Å².